The van der Waals surface area contributed by atoms with E-state index in [2.05, 4.69) is 5.10 Å². The van der Waals surface area contributed by atoms with Crippen LogP contribution in [0.4, 0.5) is 0 Å². The van der Waals surface area contributed by atoms with E-state index in [1.54, 1.807) is 56.7 Å². The molecule has 0 aliphatic carbocycles. The molecule has 0 N–H and O–H groups in total. The largest absolute Gasteiger partial charge is 0.493 e. The molecule has 0 fully saturated rings. The molecule has 204 valence electrons. The van der Waals surface area contributed by atoms with E-state index in [1.165, 1.54) is 10.9 Å². The number of methoxy groups -OCH3 is 2. The highest BCUT2D eigenvalue weighted by Gasteiger charge is 2.18. The first-order valence-electron chi connectivity index (χ1n) is 12.7. The monoisotopic (exact) mass is 565 g/mol. The standard InChI is InChI=1S/C32H24ClN3O5/c1-38-27-15-21(16-28(39-2)30(27)40-19-20-11-13-23(33)14-12-20)18-34-36-31(29-17-22-7-3-6-10-26(22)41-29)35-25-9-5-4-8-24(25)32(36)37/h3-18H,19H2,1-2H3. The maximum atomic E-state index is 13.6. The summed E-state index contributed by atoms with van der Waals surface area (Å²) in [7, 11) is 3.09. The van der Waals surface area contributed by atoms with Gasteiger partial charge in [0.2, 0.25) is 11.6 Å². The SMILES string of the molecule is COc1cc(C=Nn2c(-c3cc4ccccc4o3)nc3ccccc3c2=O)cc(OC)c1OCc1ccc(Cl)cc1. The van der Waals surface area contributed by atoms with E-state index in [4.69, 9.17) is 35.2 Å². The Bertz CT molecular complexity index is 1900. The van der Waals surface area contributed by atoms with Gasteiger partial charge in [-0.3, -0.25) is 4.79 Å². The van der Waals surface area contributed by atoms with E-state index in [-0.39, 0.29) is 18.0 Å². The van der Waals surface area contributed by atoms with Crippen molar-refractivity contribution in [2.75, 3.05) is 14.2 Å². The van der Waals surface area contributed by atoms with Gasteiger partial charge < -0.3 is 18.6 Å². The van der Waals surface area contributed by atoms with Crippen molar-refractivity contribution in [1.29, 1.82) is 0 Å². The molecule has 0 aliphatic heterocycles. The van der Waals surface area contributed by atoms with Crippen molar-refractivity contribution in [3.63, 3.8) is 0 Å². The molecule has 0 saturated heterocycles. The average Bonchev–Trinajstić information content (AvgIpc) is 3.44. The summed E-state index contributed by atoms with van der Waals surface area (Å²) in [5.74, 6) is 2.03. The van der Waals surface area contributed by atoms with Crippen LogP contribution < -0.4 is 19.8 Å². The van der Waals surface area contributed by atoms with Gasteiger partial charge in [-0.1, -0.05) is 54.1 Å². The summed E-state index contributed by atoms with van der Waals surface area (Å²) in [4.78, 5) is 18.3. The Morgan fingerprint density at radius 2 is 1.63 bits per heavy atom. The molecule has 0 saturated carbocycles. The summed E-state index contributed by atoms with van der Waals surface area (Å²) in [6.45, 7) is 0.288. The molecule has 41 heavy (non-hydrogen) atoms. The lowest BCUT2D eigenvalue weighted by Gasteiger charge is -2.15. The molecule has 2 heterocycles. The van der Waals surface area contributed by atoms with Crippen LogP contribution in [0.1, 0.15) is 11.1 Å². The fraction of sp³-hybridized carbons (Fsp3) is 0.0938. The van der Waals surface area contributed by atoms with Crippen LogP contribution in [-0.4, -0.2) is 30.1 Å². The Morgan fingerprint density at radius 3 is 2.37 bits per heavy atom. The maximum Gasteiger partial charge on any atom is 0.282 e. The smallest absolute Gasteiger partial charge is 0.282 e. The summed E-state index contributed by atoms with van der Waals surface area (Å²) in [5, 5.41) is 6.53. The zero-order valence-electron chi connectivity index (χ0n) is 22.2. The summed E-state index contributed by atoms with van der Waals surface area (Å²) in [6.07, 6.45) is 1.54. The average molecular weight is 566 g/mol. The lowest BCUT2D eigenvalue weighted by atomic mass is 10.2. The van der Waals surface area contributed by atoms with Gasteiger partial charge >= 0.3 is 0 Å². The van der Waals surface area contributed by atoms with Crippen molar-refractivity contribution in [3.05, 3.63) is 117 Å². The Balaban J connectivity index is 1.40. The van der Waals surface area contributed by atoms with Gasteiger partial charge in [0.15, 0.2) is 17.3 Å². The van der Waals surface area contributed by atoms with Crippen molar-refractivity contribution in [2.24, 2.45) is 5.10 Å². The Morgan fingerprint density at radius 1 is 0.927 bits per heavy atom. The number of para-hydroxylation sites is 2. The molecule has 9 heteroatoms. The molecule has 6 aromatic rings. The second kappa shape index (κ2) is 11.2. The zero-order valence-corrected chi connectivity index (χ0v) is 23.0. The van der Waals surface area contributed by atoms with Crippen molar-refractivity contribution < 1.29 is 18.6 Å². The molecule has 0 amide bonds. The molecule has 0 bridgehead atoms. The second-order valence-corrected chi connectivity index (χ2v) is 9.57. The van der Waals surface area contributed by atoms with Crippen LogP contribution in [0.25, 0.3) is 33.5 Å². The third-order valence-electron chi connectivity index (χ3n) is 6.50. The number of fused-ring (bicyclic) bond motifs is 2. The third kappa shape index (κ3) is 5.25. The number of ether oxygens (including phenoxy) is 3. The first kappa shape index (κ1) is 26.2. The van der Waals surface area contributed by atoms with Crippen LogP contribution in [0.3, 0.4) is 0 Å². The summed E-state index contributed by atoms with van der Waals surface area (Å²) >= 11 is 5.99. The number of rotatable bonds is 8. The Hall–Kier alpha value is -5.08. The first-order chi connectivity index (χ1) is 20.0. The van der Waals surface area contributed by atoms with E-state index >= 15 is 0 Å². The fourth-order valence-corrected chi connectivity index (χ4v) is 4.59. The zero-order chi connectivity index (χ0) is 28.3. The van der Waals surface area contributed by atoms with E-state index in [0.717, 1.165) is 10.9 Å². The highest BCUT2D eigenvalue weighted by molar-refractivity contribution is 6.30. The number of hydrogen-bond acceptors (Lipinski definition) is 7. The van der Waals surface area contributed by atoms with Crippen molar-refractivity contribution >= 4 is 39.7 Å². The highest BCUT2D eigenvalue weighted by atomic mass is 35.5. The molecule has 0 spiro atoms. The molecule has 6 rings (SSSR count). The molecule has 0 aliphatic rings. The van der Waals surface area contributed by atoms with Gasteiger partial charge in [-0.05, 0) is 54.1 Å². The lowest BCUT2D eigenvalue weighted by Crippen LogP contribution is -2.20. The second-order valence-electron chi connectivity index (χ2n) is 9.13. The van der Waals surface area contributed by atoms with Crippen molar-refractivity contribution in [1.82, 2.24) is 9.66 Å². The van der Waals surface area contributed by atoms with Gasteiger partial charge in [-0.25, -0.2) is 4.98 Å². The van der Waals surface area contributed by atoms with Crippen LogP contribution in [0, 0.1) is 0 Å². The molecular weight excluding hydrogens is 542 g/mol. The van der Waals surface area contributed by atoms with Gasteiger partial charge in [-0.15, -0.1) is 0 Å². The maximum absolute atomic E-state index is 13.6. The van der Waals surface area contributed by atoms with Gasteiger partial charge in [0.05, 0.1) is 31.3 Å². The summed E-state index contributed by atoms with van der Waals surface area (Å²) < 4.78 is 24.6. The minimum atomic E-state index is -0.329. The van der Waals surface area contributed by atoms with Crippen molar-refractivity contribution in [3.8, 4) is 28.8 Å². The molecule has 0 unspecified atom stereocenters. The highest BCUT2D eigenvalue weighted by Crippen LogP contribution is 2.39. The molecular formula is C32H24ClN3O5. The molecule has 2 aromatic heterocycles. The van der Waals surface area contributed by atoms with Crippen LogP contribution in [0.2, 0.25) is 5.02 Å². The van der Waals surface area contributed by atoms with Crippen LogP contribution >= 0.6 is 11.6 Å². The Labute approximate surface area is 240 Å². The van der Waals surface area contributed by atoms with E-state index in [9.17, 15) is 4.79 Å². The normalized spacial score (nSPS) is 11.4. The van der Waals surface area contributed by atoms with Crippen molar-refractivity contribution in [2.45, 2.75) is 6.61 Å². The van der Waals surface area contributed by atoms with Crippen LogP contribution in [-0.2, 0) is 6.61 Å². The van der Waals surface area contributed by atoms with Crippen LogP contribution in [0.5, 0.6) is 17.2 Å². The van der Waals surface area contributed by atoms with Crippen LogP contribution in [0.15, 0.2) is 105 Å². The van der Waals surface area contributed by atoms with E-state index in [1.807, 2.05) is 48.5 Å². The number of halogens is 1. The number of benzene rings is 4. The lowest BCUT2D eigenvalue weighted by molar-refractivity contribution is 0.266. The number of furan rings is 1. The first-order valence-corrected chi connectivity index (χ1v) is 13.1. The third-order valence-corrected chi connectivity index (χ3v) is 6.75. The van der Waals surface area contributed by atoms with E-state index < -0.39 is 0 Å². The number of aromatic nitrogens is 2. The minimum Gasteiger partial charge on any atom is -0.493 e. The summed E-state index contributed by atoms with van der Waals surface area (Å²) in [6, 6.07) is 27.5. The number of nitrogens with zero attached hydrogens (tertiary/aromatic N) is 3. The van der Waals surface area contributed by atoms with Gasteiger partial charge in [0.25, 0.3) is 5.56 Å². The minimum absolute atomic E-state index is 0.281. The van der Waals surface area contributed by atoms with Gasteiger partial charge in [0, 0.05) is 16.0 Å². The fourth-order valence-electron chi connectivity index (χ4n) is 4.46. The molecule has 0 atom stereocenters. The van der Waals surface area contributed by atoms with E-state index in [0.29, 0.717) is 50.1 Å². The van der Waals surface area contributed by atoms with Gasteiger partial charge in [-0.2, -0.15) is 9.78 Å². The number of hydrogen-bond donors (Lipinski definition) is 0. The Kier molecular flexibility index (Phi) is 7.14. The molecule has 0 radical (unpaired) electrons. The summed E-state index contributed by atoms with van der Waals surface area (Å²) in [5.41, 5.74) is 2.46. The quantitative estimate of drug-likeness (QED) is 0.186. The molecule has 8 nitrogen and oxygen atoms in total. The topological polar surface area (TPSA) is 88.1 Å². The molecule has 4 aromatic carbocycles. The van der Waals surface area contributed by atoms with Gasteiger partial charge in [0.1, 0.15) is 12.2 Å². The predicted molar refractivity (Wildman–Crippen MR) is 160 cm³/mol. The predicted octanol–water partition coefficient (Wildman–Crippen LogP) is 6.94.